The van der Waals surface area contributed by atoms with Crippen LogP contribution in [0.5, 0.6) is 0 Å². The topological polar surface area (TPSA) is 235 Å². The number of benzene rings is 2. The highest BCUT2D eigenvalue weighted by molar-refractivity contribution is 7.90. The van der Waals surface area contributed by atoms with Crippen LogP contribution in [0.2, 0.25) is 0 Å². The van der Waals surface area contributed by atoms with E-state index in [1.54, 1.807) is 90.3 Å². The van der Waals surface area contributed by atoms with Gasteiger partial charge in [-0.1, -0.05) is 75.6 Å². The Hall–Kier alpha value is -5.44. The predicted octanol–water partition coefficient (Wildman–Crippen LogP) is 7.43. The standard InChI is InChI=1S/C50H74N8O10S2/c1-49(2,3)67-47(61)57(35-31-55-69(63,64)43-21-17-19-39-37-51-29-23-41(39)43)33-25-45(59)53-27-15-13-11-9-7-8-10-12-14-16-28-54-46(60)26-34-58(48(62)68-50(4,5)6)36-32-56-70(65,66)44-22-18-20-40-38-52-30-24-42(40)44/h17-24,29-30,37-38,55-56H,7-16,25-28,31-36H2,1-6H3,(H,53,59)(H,54,60). The molecule has 18 nitrogen and oxygen atoms in total. The molecule has 0 radical (unpaired) electrons. The van der Waals surface area contributed by atoms with E-state index in [2.05, 4.69) is 30.0 Å². The Labute approximate surface area is 414 Å². The molecule has 2 aromatic heterocycles. The van der Waals surface area contributed by atoms with Crippen LogP contribution in [0.15, 0.2) is 83.1 Å². The highest BCUT2D eigenvalue weighted by Crippen LogP contribution is 2.23. The smallest absolute Gasteiger partial charge is 0.410 e. The minimum atomic E-state index is -3.90. The number of fused-ring (bicyclic) bond motifs is 2. The lowest BCUT2D eigenvalue weighted by atomic mass is 10.1. The maximum atomic E-state index is 13.2. The maximum Gasteiger partial charge on any atom is 0.410 e. The molecular weight excluding hydrogens is 937 g/mol. The minimum absolute atomic E-state index is 0.0126. The molecule has 2 aromatic carbocycles. The lowest BCUT2D eigenvalue weighted by molar-refractivity contribution is -0.122. The van der Waals surface area contributed by atoms with Crippen molar-refractivity contribution in [2.24, 2.45) is 0 Å². The van der Waals surface area contributed by atoms with Crippen LogP contribution < -0.4 is 20.1 Å². The molecule has 0 bridgehead atoms. The van der Waals surface area contributed by atoms with E-state index in [0.29, 0.717) is 34.6 Å². The Morgan fingerprint density at radius 3 is 1.21 bits per heavy atom. The first-order chi connectivity index (χ1) is 33.1. The zero-order valence-electron chi connectivity index (χ0n) is 41.8. The number of carbonyl (C=O) groups is 4. The van der Waals surface area contributed by atoms with Crippen molar-refractivity contribution in [3.05, 3.63) is 73.3 Å². The molecule has 0 saturated carbocycles. The molecule has 0 spiro atoms. The van der Waals surface area contributed by atoms with Crippen molar-refractivity contribution in [1.82, 2.24) is 39.8 Å². The fourth-order valence-corrected chi connectivity index (χ4v) is 9.95. The van der Waals surface area contributed by atoms with Crippen LogP contribution in [0.25, 0.3) is 21.5 Å². The Kier molecular flexibility index (Phi) is 22.7. The molecule has 4 aromatic rings. The van der Waals surface area contributed by atoms with Crippen molar-refractivity contribution in [2.75, 3.05) is 52.4 Å². The average molecular weight is 1010 g/mol. The minimum Gasteiger partial charge on any atom is -0.444 e. The van der Waals surface area contributed by atoms with Gasteiger partial charge in [-0.2, -0.15) is 0 Å². The Morgan fingerprint density at radius 2 is 0.857 bits per heavy atom. The summed E-state index contributed by atoms with van der Waals surface area (Å²) >= 11 is 0. The monoisotopic (exact) mass is 1010 g/mol. The summed E-state index contributed by atoms with van der Waals surface area (Å²) in [5, 5.41) is 8.31. The number of nitrogens with zero attached hydrogens (tertiary/aromatic N) is 4. The zero-order valence-corrected chi connectivity index (χ0v) is 43.4. The molecular formula is C50H74N8O10S2. The van der Waals surface area contributed by atoms with Gasteiger partial charge in [0.05, 0.1) is 9.79 Å². The summed E-state index contributed by atoms with van der Waals surface area (Å²) in [6.07, 6.45) is 15.3. The van der Waals surface area contributed by atoms with E-state index in [-0.39, 0.29) is 73.7 Å². The van der Waals surface area contributed by atoms with E-state index in [4.69, 9.17) is 9.47 Å². The van der Waals surface area contributed by atoms with E-state index < -0.39 is 43.4 Å². The van der Waals surface area contributed by atoms with Crippen LogP contribution in [0.1, 0.15) is 119 Å². The molecule has 386 valence electrons. The first kappa shape index (κ1) is 57.1. The van der Waals surface area contributed by atoms with Crippen molar-refractivity contribution < 1.29 is 45.5 Å². The third-order valence-corrected chi connectivity index (χ3v) is 14.0. The van der Waals surface area contributed by atoms with E-state index >= 15 is 0 Å². The van der Waals surface area contributed by atoms with Gasteiger partial charge in [-0.25, -0.2) is 35.9 Å². The van der Waals surface area contributed by atoms with Gasteiger partial charge in [0.2, 0.25) is 31.9 Å². The molecule has 70 heavy (non-hydrogen) atoms. The van der Waals surface area contributed by atoms with Gasteiger partial charge in [-0.05, 0) is 78.6 Å². The molecule has 0 atom stereocenters. The lowest BCUT2D eigenvalue weighted by Crippen LogP contribution is -2.43. The molecule has 0 unspecified atom stereocenters. The van der Waals surface area contributed by atoms with Gasteiger partial charge < -0.3 is 29.9 Å². The van der Waals surface area contributed by atoms with Crippen molar-refractivity contribution in [3.63, 3.8) is 0 Å². The number of nitrogens with one attached hydrogen (secondary N) is 4. The van der Waals surface area contributed by atoms with E-state index in [1.165, 1.54) is 34.3 Å². The number of sulfonamides is 2. The van der Waals surface area contributed by atoms with E-state index in [0.717, 1.165) is 64.2 Å². The summed E-state index contributed by atoms with van der Waals surface area (Å²) in [6.45, 7) is 11.5. The normalized spacial score (nSPS) is 12.1. The number of unbranched alkanes of at least 4 members (excludes halogenated alkanes) is 9. The van der Waals surface area contributed by atoms with Crippen LogP contribution in [-0.4, -0.2) is 124 Å². The van der Waals surface area contributed by atoms with E-state index in [1.807, 2.05) is 0 Å². The molecule has 0 aliphatic rings. The van der Waals surface area contributed by atoms with Crippen LogP contribution >= 0.6 is 0 Å². The predicted molar refractivity (Wildman–Crippen MR) is 271 cm³/mol. The molecule has 4 N–H and O–H groups in total. The summed E-state index contributed by atoms with van der Waals surface area (Å²) in [5.41, 5.74) is -1.54. The molecule has 0 saturated heterocycles. The molecule has 20 heteroatoms. The van der Waals surface area contributed by atoms with E-state index in [9.17, 15) is 36.0 Å². The third kappa shape index (κ3) is 20.5. The number of rotatable bonds is 29. The molecule has 0 aliphatic heterocycles. The van der Waals surface area contributed by atoms with Gasteiger partial charge in [0, 0.05) is 112 Å². The highest BCUT2D eigenvalue weighted by atomic mass is 32.2. The van der Waals surface area contributed by atoms with Crippen molar-refractivity contribution in [1.29, 1.82) is 0 Å². The fourth-order valence-electron chi connectivity index (χ4n) is 7.45. The number of carbonyl (C=O) groups excluding carboxylic acids is 4. The molecule has 4 amide bonds. The molecule has 4 rings (SSSR count). The second-order valence-corrected chi connectivity index (χ2v) is 22.6. The number of pyridine rings is 2. The van der Waals surface area contributed by atoms with Gasteiger partial charge in [-0.15, -0.1) is 0 Å². The quantitative estimate of drug-likeness (QED) is 0.0389. The number of amides is 4. The SMILES string of the molecule is CC(C)(C)OC(=O)N(CCNS(=O)(=O)c1cccc2cnccc12)CCC(=O)NCCCCCCCCCCCCNC(=O)CCN(CCNS(=O)(=O)c1cccc2cnccc12)C(=O)OC(C)(C)C. The van der Waals surface area contributed by atoms with Crippen LogP contribution in [0, 0.1) is 0 Å². The molecule has 0 aliphatic carbocycles. The number of ether oxygens (including phenoxy) is 2. The Morgan fingerprint density at radius 1 is 0.500 bits per heavy atom. The largest absolute Gasteiger partial charge is 0.444 e. The van der Waals surface area contributed by atoms with Gasteiger partial charge in [0.25, 0.3) is 0 Å². The van der Waals surface area contributed by atoms with Crippen molar-refractivity contribution >= 4 is 65.6 Å². The second-order valence-electron chi connectivity index (χ2n) is 19.2. The van der Waals surface area contributed by atoms with Crippen molar-refractivity contribution in [3.8, 4) is 0 Å². The molecule has 2 heterocycles. The third-order valence-electron chi connectivity index (χ3n) is 11.0. The number of aromatic nitrogens is 2. The van der Waals surface area contributed by atoms with Gasteiger partial charge in [-0.3, -0.25) is 19.6 Å². The van der Waals surface area contributed by atoms with Crippen LogP contribution in [0.4, 0.5) is 9.59 Å². The summed E-state index contributed by atoms with van der Waals surface area (Å²) in [6, 6.07) is 13.2. The number of hydrogen-bond donors (Lipinski definition) is 4. The Balaban J connectivity index is 1.03. The number of hydrogen-bond acceptors (Lipinski definition) is 12. The van der Waals surface area contributed by atoms with Gasteiger partial charge in [0.1, 0.15) is 11.2 Å². The average Bonchev–Trinajstić information content (AvgIpc) is 3.29. The first-order valence-corrected chi connectivity index (χ1v) is 27.3. The Bertz CT molecular complexity index is 2360. The maximum absolute atomic E-state index is 13.2. The van der Waals surface area contributed by atoms with Crippen LogP contribution in [-0.2, 0) is 39.1 Å². The van der Waals surface area contributed by atoms with Crippen LogP contribution in [0.3, 0.4) is 0 Å². The van der Waals surface area contributed by atoms with Gasteiger partial charge >= 0.3 is 12.2 Å². The first-order valence-electron chi connectivity index (χ1n) is 24.3. The summed E-state index contributed by atoms with van der Waals surface area (Å²) in [4.78, 5) is 62.4. The summed E-state index contributed by atoms with van der Waals surface area (Å²) in [5.74, 6) is -0.398. The van der Waals surface area contributed by atoms with Gasteiger partial charge in [0.15, 0.2) is 0 Å². The molecule has 0 fully saturated rings. The lowest BCUT2D eigenvalue weighted by Gasteiger charge is -2.27. The fraction of sp³-hybridized carbons (Fsp3) is 0.560. The second kappa shape index (κ2) is 27.8. The van der Waals surface area contributed by atoms with Crippen molar-refractivity contribution in [2.45, 2.75) is 140 Å². The summed E-state index contributed by atoms with van der Waals surface area (Å²) < 4.78 is 69.0. The zero-order chi connectivity index (χ0) is 51.2. The highest BCUT2D eigenvalue weighted by Gasteiger charge is 2.26. The summed E-state index contributed by atoms with van der Waals surface area (Å²) in [7, 11) is -7.80.